The molecule has 1 heterocycles. The molecule has 78 valence electrons. The summed E-state index contributed by atoms with van der Waals surface area (Å²) >= 11 is 0. The van der Waals surface area contributed by atoms with E-state index < -0.39 is 0 Å². The second-order valence-corrected chi connectivity index (χ2v) is 3.57. The molecule has 0 aromatic heterocycles. The normalized spacial score (nSPS) is 16.1. The fraction of sp³-hybridized carbons (Fsp3) is 0.455. The molecule has 1 fully saturated rings. The van der Waals surface area contributed by atoms with E-state index in [9.17, 15) is 5.11 Å². The minimum atomic E-state index is 0. The molecule has 0 radical (unpaired) electrons. The molecular formula is C11H16ClNO. The Hall–Kier alpha value is -0.890. The van der Waals surface area contributed by atoms with Gasteiger partial charge in [-0.2, -0.15) is 0 Å². The van der Waals surface area contributed by atoms with Crippen LogP contribution in [0.4, 0.5) is 5.69 Å². The van der Waals surface area contributed by atoms with Gasteiger partial charge >= 0.3 is 0 Å². The van der Waals surface area contributed by atoms with Crippen LogP contribution in [-0.4, -0.2) is 18.2 Å². The Kier molecular flexibility index (Phi) is 4.08. The summed E-state index contributed by atoms with van der Waals surface area (Å²) < 4.78 is 0. The number of rotatable bonds is 1. The van der Waals surface area contributed by atoms with Crippen LogP contribution in [0, 0.1) is 0 Å². The Morgan fingerprint density at radius 1 is 1.07 bits per heavy atom. The van der Waals surface area contributed by atoms with E-state index in [0.717, 1.165) is 18.8 Å². The molecule has 0 aliphatic carbocycles. The van der Waals surface area contributed by atoms with Crippen LogP contribution in [0.2, 0.25) is 0 Å². The van der Waals surface area contributed by atoms with Gasteiger partial charge in [-0.1, -0.05) is 6.07 Å². The van der Waals surface area contributed by atoms with Crippen LogP contribution in [0.25, 0.3) is 0 Å². The summed E-state index contributed by atoms with van der Waals surface area (Å²) in [4.78, 5) is 2.34. The highest BCUT2D eigenvalue weighted by Gasteiger charge is 2.10. The first kappa shape index (κ1) is 11.2. The number of hydrogen-bond donors (Lipinski definition) is 1. The number of halogens is 1. The zero-order valence-electron chi connectivity index (χ0n) is 8.15. The lowest BCUT2D eigenvalue weighted by molar-refractivity contribution is 0.474. The maximum atomic E-state index is 9.32. The van der Waals surface area contributed by atoms with E-state index in [1.807, 2.05) is 12.1 Å². The van der Waals surface area contributed by atoms with Crippen molar-refractivity contribution in [3.8, 4) is 5.75 Å². The summed E-state index contributed by atoms with van der Waals surface area (Å²) in [6.07, 6.45) is 3.89. The first-order valence-corrected chi connectivity index (χ1v) is 4.90. The zero-order chi connectivity index (χ0) is 9.10. The van der Waals surface area contributed by atoms with Crippen molar-refractivity contribution in [3.05, 3.63) is 24.3 Å². The van der Waals surface area contributed by atoms with Crippen LogP contribution >= 0.6 is 12.4 Å². The van der Waals surface area contributed by atoms with Crippen LogP contribution in [0.5, 0.6) is 5.75 Å². The third kappa shape index (κ3) is 2.55. The van der Waals surface area contributed by atoms with Gasteiger partial charge in [0.2, 0.25) is 0 Å². The molecule has 1 aliphatic rings. The third-order valence-electron chi connectivity index (χ3n) is 2.55. The number of nitrogens with zero attached hydrogens (tertiary/aromatic N) is 1. The Balaban J connectivity index is 0.000000980. The molecule has 1 aromatic rings. The molecule has 1 aliphatic heterocycles. The second-order valence-electron chi connectivity index (χ2n) is 3.57. The van der Waals surface area contributed by atoms with Crippen molar-refractivity contribution >= 4 is 18.1 Å². The highest BCUT2D eigenvalue weighted by molar-refractivity contribution is 5.85. The zero-order valence-corrected chi connectivity index (χ0v) is 8.96. The molecule has 0 atom stereocenters. The Morgan fingerprint density at radius 2 is 1.79 bits per heavy atom. The fourth-order valence-electron chi connectivity index (χ4n) is 1.84. The number of anilines is 1. The number of hydrogen-bond acceptors (Lipinski definition) is 2. The predicted molar refractivity (Wildman–Crippen MR) is 61.4 cm³/mol. The van der Waals surface area contributed by atoms with Gasteiger partial charge in [-0.3, -0.25) is 0 Å². The minimum Gasteiger partial charge on any atom is -0.508 e. The van der Waals surface area contributed by atoms with Gasteiger partial charge in [-0.15, -0.1) is 12.4 Å². The largest absolute Gasteiger partial charge is 0.508 e. The number of phenolic OH excluding ortho intramolecular Hbond substituents is 1. The van der Waals surface area contributed by atoms with Crippen LogP contribution in [-0.2, 0) is 0 Å². The van der Waals surface area contributed by atoms with Crippen LogP contribution in [0.1, 0.15) is 19.3 Å². The monoisotopic (exact) mass is 213 g/mol. The van der Waals surface area contributed by atoms with Gasteiger partial charge in [0, 0.05) is 24.8 Å². The van der Waals surface area contributed by atoms with Crippen molar-refractivity contribution in [3.63, 3.8) is 0 Å². The molecule has 0 amide bonds. The molecule has 0 bridgehead atoms. The van der Waals surface area contributed by atoms with Gasteiger partial charge in [0.05, 0.1) is 0 Å². The number of benzene rings is 1. The predicted octanol–water partition coefficient (Wildman–Crippen LogP) is 2.80. The molecule has 1 aromatic carbocycles. The highest BCUT2D eigenvalue weighted by Crippen LogP contribution is 2.22. The van der Waals surface area contributed by atoms with Gasteiger partial charge in [-0.25, -0.2) is 0 Å². The third-order valence-corrected chi connectivity index (χ3v) is 2.55. The van der Waals surface area contributed by atoms with E-state index in [0.29, 0.717) is 5.75 Å². The SMILES string of the molecule is Cl.Oc1cccc(N2CCCCC2)c1. The molecule has 2 nitrogen and oxygen atoms in total. The molecule has 0 saturated carbocycles. The van der Waals surface area contributed by atoms with Crippen molar-refractivity contribution in [2.24, 2.45) is 0 Å². The van der Waals surface area contributed by atoms with Gasteiger partial charge in [0.1, 0.15) is 5.75 Å². The first-order chi connectivity index (χ1) is 6.36. The lowest BCUT2D eigenvalue weighted by Crippen LogP contribution is -2.29. The van der Waals surface area contributed by atoms with E-state index in [4.69, 9.17) is 0 Å². The Bertz CT molecular complexity index is 284. The van der Waals surface area contributed by atoms with Gasteiger partial charge in [0.25, 0.3) is 0 Å². The standard InChI is InChI=1S/C11H15NO.ClH/c13-11-6-4-5-10(9-11)12-7-2-1-3-8-12;/h4-6,9,13H,1-3,7-8H2;1H. The smallest absolute Gasteiger partial charge is 0.117 e. The van der Waals surface area contributed by atoms with Gasteiger partial charge in [-0.05, 0) is 31.4 Å². The first-order valence-electron chi connectivity index (χ1n) is 4.90. The van der Waals surface area contributed by atoms with E-state index in [2.05, 4.69) is 11.0 Å². The summed E-state index contributed by atoms with van der Waals surface area (Å²) in [5, 5.41) is 9.32. The van der Waals surface area contributed by atoms with Crippen LogP contribution in [0.15, 0.2) is 24.3 Å². The van der Waals surface area contributed by atoms with Gasteiger partial charge in [0.15, 0.2) is 0 Å². The maximum absolute atomic E-state index is 9.32. The topological polar surface area (TPSA) is 23.5 Å². The molecule has 1 saturated heterocycles. The summed E-state index contributed by atoms with van der Waals surface area (Å²) in [6, 6.07) is 7.52. The van der Waals surface area contributed by atoms with Crippen LogP contribution < -0.4 is 4.90 Å². The summed E-state index contributed by atoms with van der Waals surface area (Å²) in [6.45, 7) is 2.26. The van der Waals surface area contributed by atoms with Crippen molar-refractivity contribution in [2.75, 3.05) is 18.0 Å². The summed E-state index contributed by atoms with van der Waals surface area (Å²) in [5.41, 5.74) is 1.15. The molecule has 1 N–H and O–H groups in total. The lowest BCUT2D eigenvalue weighted by Gasteiger charge is -2.28. The second kappa shape index (κ2) is 5.11. The lowest BCUT2D eigenvalue weighted by atomic mass is 10.1. The molecule has 0 unspecified atom stereocenters. The van der Waals surface area contributed by atoms with Crippen molar-refractivity contribution < 1.29 is 5.11 Å². The van der Waals surface area contributed by atoms with Gasteiger partial charge < -0.3 is 10.0 Å². The van der Waals surface area contributed by atoms with Crippen LogP contribution in [0.3, 0.4) is 0 Å². The average molecular weight is 214 g/mol. The maximum Gasteiger partial charge on any atom is 0.117 e. The fourth-order valence-corrected chi connectivity index (χ4v) is 1.84. The highest BCUT2D eigenvalue weighted by atomic mass is 35.5. The molecule has 0 spiro atoms. The van der Waals surface area contributed by atoms with E-state index in [1.54, 1.807) is 6.07 Å². The Morgan fingerprint density at radius 3 is 2.43 bits per heavy atom. The van der Waals surface area contributed by atoms with E-state index in [-0.39, 0.29) is 12.4 Å². The Labute approximate surface area is 91.0 Å². The summed E-state index contributed by atoms with van der Waals surface area (Å²) in [7, 11) is 0. The van der Waals surface area contributed by atoms with Crippen molar-refractivity contribution in [2.45, 2.75) is 19.3 Å². The van der Waals surface area contributed by atoms with E-state index in [1.165, 1.54) is 19.3 Å². The molecular weight excluding hydrogens is 198 g/mol. The minimum absolute atomic E-state index is 0. The molecule has 14 heavy (non-hydrogen) atoms. The van der Waals surface area contributed by atoms with Crippen molar-refractivity contribution in [1.82, 2.24) is 0 Å². The summed E-state index contributed by atoms with van der Waals surface area (Å²) in [5.74, 6) is 0.364. The number of phenols is 1. The average Bonchev–Trinajstić information content (AvgIpc) is 2.19. The number of aromatic hydroxyl groups is 1. The molecule has 2 rings (SSSR count). The molecule has 3 heteroatoms. The van der Waals surface area contributed by atoms with Crippen molar-refractivity contribution in [1.29, 1.82) is 0 Å². The quantitative estimate of drug-likeness (QED) is 0.776. The number of piperidine rings is 1. The van der Waals surface area contributed by atoms with E-state index >= 15 is 0 Å².